The molecular weight excluding hydrogens is 182 g/mol. The standard InChI is InChI=1S/C10H17NO3/c1-4-5-11-8-10(12)14-7-6-13-9(2)3/h1,9,11H,5-8H2,2-3H3. The van der Waals surface area contributed by atoms with Crippen molar-refractivity contribution in [2.75, 3.05) is 26.3 Å². The zero-order chi connectivity index (χ0) is 10.8. The highest BCUT2D eigenvalue weighted by molar-refractivity contribution is 5.71. The third-order valence-electron chi connectivity index (χ3n) is 1.29. The fourth-order valence-electron chi connectivity index (χ4n) is 0.727. The number of ether oxygens (including phenoxy) is 2. The van der Waals surface area contributed by atoms with Crippen LogP contribution in [-0.4, -0.2) is 38.4 Å². The Labute approximate surface area is 85.0 Å². The van der Waals surface area contributed by atoms with E-state index in [4.69, 9.17) is 15.9 Å². The summed E-state index contributed by atoms with van der Waals surface area (Å²) in [6.07, 6.45) is 5.15. The predicted octanol–water partition coefficient (Wildman–Crippen LogP) is 0.177. The van der Waals surface area contributed by atoms with Crippen molar-refractivity contribution in [1.29, 1.82) is 0 Å². The van der Waals surface area contributed by atoms with Crippen LogP contribution in [-0.2, 0) is 14.3 Å². The zero-order valence-electron chi connectivity index (χ0n) is 8.71. The molecule has 0 heterocycles. The van der Waals surface area contributed by atoms with Gasteiger partial charge < -0.3 is 9.47 Å². The van der Waals surface area contributed by atoms with Crippen molar-refractivity contribution < 1.29 is 14.3 Å². The van der Waals surface area contributed by atoms with Gasteiger partial charge in [-0.05, 0) is 13.8 Å². The minimum atomic E-state index is -0.312. The van der Waals surface area contributed by atoms with Gasteiger partial charge in [-0.25, -0.2) is 0 Å². The lowest BCUT2D eigenvalue weighted by molar-refractivity contribution is -0.144. The van der Waals surface area contributed by atoms with E-state index in [0.717, 1.165) is 0 Å². The molecule has 0 aromatic carbocycles. The van der Waals surface area contributed by atoms with Crippen LogP contribution in [0.25, 0.3) is 0 Å². The molecule has 0 unspecified atom stereocenters. The van der Waals surface area contributed by atoms with E-state index in [1.807, 2.05) is 13.8 Å². The number of hydrogen-bond acceptors (Lipinski definition) is 4. The van der Waals surface area contributed by atoms with Gasteiger partial charge in [0, 0.05) is 0 Å². The summed E-state index contributed by atoms with van der Waals surface area (Å²) in [6, 6.07) is 0. The first-order valence-corrected chi connectivity index (χ1v) is 4.58. The zero-order valence-corrected chi connectivity index (χ0v) is 8.71. The molecule has 0 spiro atoms. The van der Waals surface area contributed by atoms with Gasteiger partial charge in [0.05, 0.1) is 25.8 Å². The molecule has 80 valence electrons. The molecule has 0 aliphatic rings. The van der Waals surface area contributed by atoms with Gasteiger partial charge in [-0.3, -0.25) is 10.1 Å². The number of esters is 1. The fourth-order valence-corrected chi connectivity index (χ4v) is 0.727. The van der Waals surface area contributed by atoms with E-state index in [1.165, 1.54) is 0 Å². The van der Waals surface area contributed by atoms with E-state index in [1.54, 1.807) is 0 Å². The van der Waals surface area contributed by atoms with Gasteiger partial charge in [-0.1, -0.05) is 5.92 Å². The summed E-state index contributed by atoms with van der Waals surface area (Å²) in [4.78, 5) is 11.0. The van der Waals surface area contributed by atoms with Crippen molar-refractivity contribution in [1.82, 2.24) is 5.32 Å². The highest BCUT2D eigenvalue weighted by atomic mass is 16.6. The number of carbonyl (C=O) groups excluding carboxylic acids is 1. The van der Waals surface area contributed by atoms with E-state index in [9.17, 15) is 4.79 Å². The molecule has 0 atom stereocenters. The number of rotatable bonds is 7. The van der Waals surface area contributed by atoms with Gasteiger partial charge in [0.1, 0.15) is 6.61 Å². The number of carbonyl (C=O) groups is 1. The molecule has 0 radical (unpaired) electrons. The van der Waals surface area contributed by atoms with Crippen LogP contribution >= 0.6 is 0 Å². The lowest BCUT2D eigenvalue weighted by atomic mass is 10.5. The summed E-state index contributed by atoms with van der Waals surface area (Å²) < 4.78 is 10.0. The number of hydrogen-bond donors (Lipinski definition) is 1. The molecule has 14 heavy (non-hydrogen) atoms. The normalized spacial score (nSPS) is 9.86. The molecule has 0 fully saturated rings. The second-order valence-electron chi connectivity index (χ2n) is 2.95. The minimum Gasteiger partial charge on any atom is -0.462 e. The van der Waals surface area contributed by atoms with Crippen molar-refractivity contribution in [2.24, 2.45) is 0 Å². The van der Waals surface area contributed by atoms with Crippen LogP contribution in [0.1, 0.15) is 13.8 Å². The van der Waals surface area contributed by atoms with Crippen LogP contribution in [0.4, 0.5) is 0 Å². The average Bonchev–Trinajstić information content (AvgIpc) is 2.13. The number of nitrogens with one attached hydrogen (secondary N) is 1. The quantitative estimate of drug-likeness (QED) is 0.361. The van der Waals surface area contributed by atoms with Gasteiger partial charge in [0.2, 0.25) is 0 Å². The van der Waals surface area contributed by atoms with Crippen molar-refractivity contribution in [3.63, 3.8) is 0 Å². The predicted molar refractivity (Wildman–Crippen MR) is 53.7 cm³/mol. The summed E-state index contributed by atoms with van der Waals surface area (Å²) in [5, 5.41) is 2.73. The minimum absolute atomic E-state index is 0.145. The largest absolute Gasteiger partial charge is 0.462 e. The Morgan fingerprint density at radius 1 is 1.50 bits per heavy atom. The SMILES string of the molecule is C#CCNCC(=O)OCCOC(C)C. The highest BCUT2D eigenvalue weighted by Crippen LogP contribution is 1.87. The van der Waals surface area contributed by atoms with Crippen molar-refractivity contribution in [3.8, 4) is 12.3 Å². The highest BCUT2D eigenvalue weighted by Gasteiger charge is 2.01. The molecular formula is C10H17NO3. The van der Waals surface area contributed by atoms with Crippen LogP contribution < -0.4 is 5.32 Å². The molecule has 0 aliphatic carbocycles. The molecule has 0 aromatic rings. The summed E-state index contributed by atoms with van der Waals surface area (Å²) in [5.74, 6) is 2.05. The Morgan fingerprint density at radius 3 is 2.79 bits per heavy atom. The fraction of sp³-hybridized carbons (Fsp3) is 0.700. The summed E-state index contributed by atoms with van der Waals surface area (Å²) in [5.41, 5.74) is 0. The first kappa shape index (κ1) is 12.9. The van der Waals surface area contributed by atoms with E-state index in [0.29, 0.717) is 13.2 Å². The van der Waals surface area contributed by atoms with Crippen LogP contribution in [0.3, 0.4) is 0 Å². The Bertz CT molecular complexity index is 196. The van der Waals surface area contributed by atoms with Crippen molar-refractivity contribution in [3.05, 3.63) is 0 Å². The van der Waals surface area contributed by atoms with Gasteiger partial charge in [-0.2, -0.15) is 0 Å². The van der Waals surface area contributed by atoms with E-state index in [-0.39, 0.29) is 25.2 Å². The second kappa shape index (κ2) is 8.54. The molecule has 0 saturated heterocycles. The third kappa shape index (κ3) is 9.04. The van der Waals surface area contributed by atoms with Gasteiger partial charge in [-0.15, -0.1) is 6.42 Å². The Hall–Kier alpha value is -1.05. The average molecular weight is 199 g/mol. The summed E-state index contributed by atoms with van der Waals surface area (Å²) in [6.45, 7) is 5.09. The van der Waals surface area contributed by atoms with Crippen LogP contribution in [0.2, 0.25) is 0 Å². The monoisotopic (exact) mass is 199 g/mol. The van der Waals surface area contributed by atoms with Gasteiger partial charge in [0.25, 0.3) is 0 Å². The summed E-state index contributed by atoms with van der Waals surface area (Å²) >= 11 is 0. The second-order valence-corrected chi connectivity index (χ2v) is 2.95. The topological polar surface area (TPSA) is 47.6 Å². The van der Waals surface area contributed by atoms with Crippen molar-refractivity contribution >= 4 is 5.97 Å². The molecule has 1 N–H and O–H groups in total. The lowest BCUT2D eigenvalue weighted by Gasteiger charge is -2.08. The van der Waals surface area contributed by atoms with Crippen LogP contribution in [0.15, 0.2) is 0 Å². The Kier molecular flexibility index (Phi) is 7.90. The molecule has 4 heteroatoms. The molecule has 0 rings (SSSR count). The molecule has 4 nitrogen and oxygen atoms in total. The molecule has 0 aromatic heterocycles. The Balaban J connectivity index is 3.23. The Morgan fingerprint density at radius 2 is 2.21 bits per heavy atom. The van der Waals surface area contributed by atoms with Crippen molar-refractivity contribution in [2.45, 2.75) is 20.0 Å². The smallest absolute Gasteiger partial charge is 0.320 e. The third-order valence-corrected chi connectivity index (χ3v) is 1.29. The maximum atomic E-state index is 11.0. The molecule has 0 bridgehead atoms. The van der Waals surface area contributed by atoms with Gasteiger partial charge >= 0.3 is 5.97 Å². The van der Waals surface area contributed by atoms with E-state index in [2.05, 4.69) is 11.2 Å². The lowest BCUT2D eigenvalue weighted by Crippen LogP contribution is -2.26. The first-order chi connectivity index (χ1) is 6.66. The van der Waals surface area contributed by atoms with Gasteiger partial charge in [0.15, 0.2) is 0 Å². The maximum Gasteiger partial charge on any atom is 0.320 e. The molecule has 0 amide bonds. The number of terminal acetylenes is 1. The summed E-state index contributed by atoms with van der Waals surface area (Å²) in [7, 11) is 0. The molecule has 0 aliphatic heterocycles. The first-order valence-electron chi connectivity index (χ1n) is 4.58. The molecule has 0 saturated carbocycles. The maximum absolute atomic E-state index is 11.0. The van der Waals surface area contributed by atoms with E-state index < -0.39 is 0 Å². The van der Waals surface area contributed by atoms with E-state index >= 15 is 0 Å². The van der Waals surface area contributed by atoms with Crippen LogP contribution in [0, 0.1) is 12.3 Å². The van der Waals surface area contributed by atoms with Crippen LogP contribution in [0.5, 0.6) is 0 Å².